The first-order chi connectivity index (χ1) is 7.18. The summed E-state index contributed by atoms with van der Waals surface area (Å²) in [7, 11) is 0. The topological polar surface area (TPSA) is 70.2 Å². The van der Waals surface area contributed by atoms with Crippen molar-refractivity contribution in [1.82, 2.24) is 4.98 Å². The Labute approximate surface area is 88.8 Å². The van der Waals surface area contributed by atoms with E-state index in [1.54, 1.807) is 17.5 Å². The number of rotatable bonds is 2. The highest BCUT2D eigenvalue weighted by atomic mass is 32.1. The first-order valence-electron chi connectivity index (χ1n) is 4.18. The van der Waals surface area contributed by atoms with Crippen LogP contribution in [0.2, 0.25) is 0 Å². The fraction of sp³-hybridized carbons (Fsp3) is 0. The van der Waals surface area contributed by atoms with E-state index in [9.17, 15) is 9.59 Å². The number of nitrogens with one attached hydrogen (secondary N) is 1. The van der Waals surface area contributed by atoms with E-state index in [-0.39, 0.29) is 10.4 Å². The fourth-order valence-electron chi connectivity index (χ4n) is 1.24. The van der Waals surface area contributed by atoms with Crippen molar-refractivity contribution < 1.29 is 9.90 Å². The van der Waals surface area contributed by atoms with Gasteiger partial charge in [-0.25, -0.2) is 4.79 Å². The lowest BCUT2D eigenvalue weighted by Gasteiger charge is -1.93. The van der Waals surface area contributed by atoms with Crippen molar-refractivity contribution >= 4 is 17.3 Å². The second-order valence-corrected chi connectivity index (χ2v) is 3.83. The minimum atomic E-state index is -0.974. The standard InChI is InChI=1S/C10H7NO3S/c12-9-7(2-1-3-11-9)6-4-8(10(13)14)15-5-6/h1-5H,(H,11,12)(H,13,14). The molecular weight excluding hydrogens is 214 g/mol. The Kier molecular flexibility index (Phi) is 2.39. The van der Waals surface area contributed by atoms with Crippen LogP contribution in [0.15, 0.2) is 34.6 Å². The zero-order valence-corrected chi connectivity index (χ0v) is 8.38. The predicted molar refractivity (Wildman–Crippen MR) is 57.3 cm³/mol. The molecule has 0 amide bonds. The van der Waals surface area contributed by atoms with Crippen LogP contribution < -0.4 is 5.56 Å². The number of H-pyrrole nitrogens is 1. The zero-order chi connectivity index (χ0) is 10.8. The summed E-state index contributed by atoms with van der Waals surface area (Å²) in [5.41, 5.74) is 0.910. The van der Waals surface area contributed by atoms with Gasteiger partial charge in [-0.3, -0.25) is 4.79 Å². The van der Waals surface area contributed by atoms with Gasteiger partial charge >= 0.3 is 5.97 Å². The lowest BCUT2D eigenvalue weighted by Crippen LogP contribution is -2.06. The Morgan fingerprint density at radius 2 is 2.27 bits per heavy atom. The maximum Gasteiger partial charge on any atom is 0.345 e. The van der Waals surface area contributed by atoms with Crippen LogP contribution in [0.3, 0.4) is 0 Å². The molecule has 5 heteroatoms. The number of aromatic carboxylic acids is 1. The number of aromatic amines is 1. The quantitative estimate of drug-likeness (QED) is 0.812. The third-order valence-electron chi connectivity index (χ3n) is 1.94. The Morgan fingerprint density at radius 3 is 2.87 bits per heavy atom. The highest BCUT2D eigenvalue weighted by Gasteiger charge is 2.09. The SMILES string of the molecule is O=C(O)c1cc(-c2ccc[nH]c2=O)cs1. The van der Waals surface area contributed by atoms with Crippen LogP contribution in [0.25, 0.3) is 11.1 Å². The summed E-state index contributed by atoms with van der Waals surface area (Å²) < 4.78 is 0. The molecule has 0 aliphatic carbocycles. The van der Waals surface area contributed by atoms with Gasteiger partial charge < -0.3 is 10.1 Å². The van der Waals surface area contributed by atoms with E-state index in [1.165, 1.54) is 12.3 Å². The molecule has 76 valence electrons. The van der Waals surface area contributed by atoms with Crippen molar-refractivity contribution in [3.63, 3.8) is 0 Å². The molecule has 0 saturated heterocycles. The molecule has 0 atom stereocenters. The van der Waals surface area contributed by atoms with Crippen LogP contribution in [0.1, 0.15) is 9.67 Å². The molecule has 0 spiro atoms. The smallest absolute Gasteiger partial charge is 0.345 e. The Bertz CT molecular complexity index is 556. The predicted octanol–water partition coefficient (Wildman–Crippen LogP) is 1.80. The summed E-state index contributed by atoms with van der Waals surface area (Å²) >= 11 is 1.11. The van der Waals surface area contributed by atoms with Crippen molar-refractivity contribution in [2.45, 2.75) is 0 Å². The maximum absolute atomic E-state index is 11.4. The average Bonchev–Trinajstić information content (AvgIpc) is 2.67. The first kappa shape index (κ1) is 9.67. The summed E-state index contributed by atoms with van der Waals surface area (Å²) in [5, 5.41) is 10.4. The van der Waals surface area contributed by atoms with Crippen LogP contribution in [0.5, 0.6) is 0 Å². The minimum absolute atomic E-state index is 0.216. The van der Waals surface area contributed by atoms with Crippen molar-refractivity contribution in [3.8, 4) is 11.1 Å². The van der Waals surface area contributed by atoms with E-state index in [2.05, 4.69) is 4.98 Å². The average molecular weight is 221 g/mol. The summed E-state index contributed by atoms with van der Waals surface area (Å²) in [4.78, 5) is 24.8. The summed E-state index contributed by atoms with van der Waals surface area (Å²) in [6, 6.07) is 4.86. The van der Waals surface area contributed by atoms with E-state index in [0.29, 0.717) is 11.1 Å². The number of carboxylic acids is 1. The summed E-state index contributed by atoms with van der Waals surface area (Å²) in [5.74, 6) is -0.974. The lowest BCUT2D eigenvalue weighted by atomic mass is 10.1. The Hall–Kier alpha value is -1.88. The second-order valence-electron chi connectivity index (χ2n) is 2.92. The van der Waals surface area contributed by atoms with Gasteiger partial charge in [0.1, 0.15) is 4.88 Å². The molecule has 0 saturated carbocycles. The first-order valence-corrected chi connectivity index (χ1v) is 5.06. The molecule has 0 bridgehead atoms. The molecule has 2 heterocycles. The molecule has 0 fully saturated rings. The monoisotopic (exact) mass is 221 g/mol. The third-order valence-corrected chi connectivity index (χ3v) is 2.86. The van der Waals surface area contributed by atoms with Crippen molar-refractivity contribution in [1.29, 1.82) is 0 Å². The van der Waals surface area contributed by atoms with Crippen LogP contribution in [-0.2, 0) is 0 Å². The highest BCUT2D eigenvalue weighted by molar-refractivity contribution is 7.12. The van der Waals surface area contributed by atoms with Gasteiger partial charge in [-0.2, -0.15) is 0 Å². The van der Waals surface area contributed by atoms with Gasteiger partial charge in [-0.05, 0) is 29.1 Å². The number of carbonyl (C=O) groups is 1. The van der Waals surface area contributed by atoms with E-state index in [4.69, 9.17) is 5.11 Å². The maximum atomic E-state index is 11.4. The fourth-order valence-corrected chi connectivity index (χ4v) is 1.98. The van der Waals surface area contributed by atoms with Crippen LogP contribution in [-0.4, -0.2) is 16.1 Å². The van der Waals surface area contributed by atoms with E-state index in [1.807, 2.05) is 0 Å². The number of carboxylic acid groups (broad SMARTS) is 1. The molecule has 2 aromatic heterocycles. The molecular formula is C10H7NO3S. The number of hydrogen-bond donors (Lipinski definition) is 2. The number of pyridine rings is 1. The van der Waals surface area contributed by atoms with E-state index in [0.717, 1.165) is 11.3 Å². The normalized spacial score (nSPS) is 10.1. The van der Waals surface area contributed by atoms with Crippen molar-refractivity contribution in [2.24, 2.45) is 0 Å². The highest BCUT2D eigenvalue weighted by Crippen LogP contribution is 2.22. The molecule has 0 aliphatic heterocycles. The van der Waals surface area contributed by atoms with Gasteiger partial charge in [0.2, 0.25) is 0 Å². The van der Waals surface area contributed by atoms with E-state index < -0.39 is 5.97 Å². The Morgan fingerprint density at radius 1 is 1.47 bits per heavy atom. The number of aromatic nitrogens is 1. The molecule has 4 nitrogen and oxygen atoms in total. The molecule has 0 radical (unpaired) electrons. The number of hydrogen-bond acceptors (Lipinski definition) is 3. The zero-order valence-electron chi connectivity index (χ0n) is 7.56. The van der Waals surface area contributed by atoms with E-state index >= 15 is 0 Å². The Balaban J connectivity index is 2.51. The molecule has 0 aliphatic rings. The van der Waals surface area contributed by atoms with Crippen molar-refractivity contribution in [3.05, 3.63) is 45.0 Å². The van der Waals surface area contributed by atoms with Gasteiger partial charge in [0.15, 0.2) is 0 Å². The largest absolute Gasteiger partial charge is 0.477 e. The third kappa shape index (κ3) is 1.82. The summed E-state index contributed by atoms with van der Waals surface area (Å²) in [6.07, 6.45) is 1.54. The van der Waals surface area contributed by atoms with Gasteiger partial charge in [-0.1, -0.05) is 0 Å². The molecule has 0 aromatic carbocycles. The van der Waals surface area contributed by atoms with Gasteiger partial charge in [-0.15, -0.1) is 11.3 Å². The molecule has 15 heavy (non-hydrogen) atoms. The molecule has 2 aromatic rings. The molecule has 0 unspecified atom stereocenters. The van der Waals surface area contributed by atoms with Gasteiger partial charge in [0.25, 0.3) is 5.56 Å². The van der Waals surface area contributed by atoms with Gasteiger partial charge in [0, 0.05) is 11.8 Å². The molecule has 2 rings (SSSR count). The second kappa shape index (κ2) is 3.70. The summed E-state index contributed by atoms with van der Waals surface area (Å²) in [6.45, 7) is 0. The van der Waals surface area contributed by atoms with Crippen LogP contribution in [0, 0.1) is 0 Å². The van der Waals surface area contributed by atoms with Crippen LogP contribution in [0.4, 0.5) is 0 Å². The number of thiophene rings is 1. The van der Waals surface area contributed by atoms with Crippen LogP contribution >= 0.6 is 11.3 Å². The minimum Gasteiger partial charge on any atom is -0.477 e. The van der Waals surface area contributed by atoms with Gasteiger partial charge in [0.05, 0.1) is 0 Å². The molecule has 2 N–H and O–H groups in total. The van der Waals surface area contributed by atoms with Crippen molar-refractivity contribution in [2.75, 3.05) is 0 Å². The lowest BCUT2D eigenvalue weighted by molar-refractivity contribution is 0.0702.